The fourth-order valence-electron chi connectivity index (χ4n) is 4.21. The predicted octanol–water partition coefficient (Wildman–Crippen LogP) is 3.49. The standard InChI is InChI=1S/C21H27FN6/c1-4-28-15(3)18(14(2)26-28)12-27-11-17(10-22)19(13-27)21-23-20(24-25-21)16-8-6-5-7-9-16/h5-9,17,19H,4,10-13H2,1-3H3,(H,23,24,25)/t17-,19-/m1/s1. The van der Waals surface area contributed by atoms with Gasteiger partial charge in [-0.3, -0.25) is 19.1 Å². The molecule has 2 aromatic heterocycles. The molecular weight excluding hydrogens is 355 g/mol. The molecule has 2 atom stereocenters. The summed E-state index contributed by atoms with van der Waals surface area (Å²) in [5.41, 5.74) is 4.48. The Morgan fingerprint density at radius 3 is 2.64 bits per heavy atom. The number of benzene rings is 1. The summed E-state index contributed by atoms with van der Waals surface area (Å²) in [6, 6.07) is 9.87. The van der Waals surface area contributed by atoms with Gasteiger partial charge in [0.05, 0.1) is 12.4 Å². The van der Waals surface area contributed by atoms with Crippen molar-refractivity contribution in [2.75, 3.05) is 19.8 Å². The number of rotatable bonds is 6. The van der Waals surface area contributed by atoms with Gasteiger partial charge in [0.2, 0.25) is 0 Å². The van der Waals surface area contributed by atoms with Gasteiger partial charge in [-0.1, -0.05) is 30.3 Å². The third-order valence-corrected chi connectivity index (χ3v) is 5.81. The quantitative estimate of drug-likeness (QED) is 0.709. The molecule has 0 spiro atoms. The SMILES string of the molecule is CCn1nc(C)c(CN2C[C@@H](CF)[C@H](c3nc(-c4ccccc4)n[nH]3)C2)c1C. The number of likely N-dealkylation sites (tertiary alicyclic amines) is 1. The number of aryl methyl sites for hydroxylation is 2. The monoisotopic (exact) mass is 382 g/mol. The van der Waals surface area contributed by atoms with Crippen molar-refractivity contribution in [3.05, 3.63) is 53.1 Å². The first-order valence-electron chi connectivity index (χ1n) is 9.89. The maximum Gasteiger partial charge on any atom is 0.181 e. The molecule has 6 nitrogen and oxygen atoms in total. The van der Waals surface area contributed by atoms with Crippen LogP contribution in [0.5, 0.6) is 0 Å². The summed E-state index contributed by atoms with van der Waals surface area (Å²) in [5.74, 6) is 1.40. The van der Waals surface area contributed by atoms with E-state index in [9.17, 15) is 4.39 Å². The van der Waals surface area contributed by atoms with Crippen molar-refractivity contribution in [2.24, 2.45) is 5.92 Å². The molecule has 1 fully saturated rings. The first kappa shape index (κ1) is 18.8. The Morgan fingerprint density at radius 1 is 1.18 bits per heavy atom. The highest BCUT2D eigenvalue weighted by Gasteiger charge is 2.36. The van der Waals surface area contributed by atoms with Crippen LogP contribution in [0.2, 0.25) is 0 Å². The zero-order valence-electron chi connectivity index (χ0n) is 16.7. The van der Waals surface area contributed by atoms with E-state index in [1.807, 2.05) is 35.0 Å². The fraction of sp³-hybridized carbons (Fsp3) is 0.476. The predicted molar refractivity (Wildman–Crippen MR) is 107 cm³/mol. The van der Waals surface area contributed by atoms with Crippen LogP contribution >= 0.6 is 0 Å². The number of hydrogen-bond acceptors (Lipinski definition) is 4. The van der Waals surface area contributed by atoms with E-state index in [4.69, 9.17) is 0 Å². The van der Waals surface area contributed by atoms with E-state index in [0.717, 1.165) is 43.3 Å². The lowest BCUT2D eigenvalue weighted by molar-refractivity contribution is 0.295. The molecule has 0 unspecified atom stereocenters. The Kier molecular flexibility index (Phi) is 5.26. The van der Waals surface area contributed by atoms with Crippen LogP contribution in [-0.2, 0) is 13.1 Å². The van der Waals surface area contributed by atoms with Gasteiger partial charge in [-0.2, -0.15) is 10.2 Å². The maximum absolute atomic E-state index is 13.8. The van der Waals surface area contributed by atoms with Crippen LogP contribution in [0, 0.1) is 19.8 Å². The third-order valence-electron chi connectivity index (χ3n) is 5.81. The molecule has 1 aromatic carbocycles. The van der Waals surface area contributed by atoms with Crippen molar-refractivity contribution in [3.63, 3.8) is 0 Å². The summed E-state index contributed by atoms with van der Waals surface area (Å²) in [4.78, 5) is 6.99. The zero-order valence-corrected chi connectivity index (χ0v) is 16.7. The number of nitrogens with zero attached hydrogens (tertiary/aromatic N) is 5. The van der Waals surface area contributed by atoms with Gasteiger partial charge < -0.3 is 0 Å². The molecule has 7 heteroatoms. The molecule has 1 N–H and O–H groups in total. The minimum atomic E-state index is -0.352. The van der Waals surface area contributed by atoms with Crippen molar-refractivity contribution in [1.82, 2.24) is 29.9 Å². The average molecular weight is 382 g/mol. The lowest BCUT2D eigenvalue weighted by Gasteiger charge is -2.15. The summed E-state index contributed by atoms with van der Waals surface area (Å²) >= 11 is 0. The Balaban J connectivity index is 1.52. The number of nitrogens with one attached hydrogen (secondary N) is 1. The molecule has 0 aliphatic carbocycles. The number of aromatic nitrogens is 5. The second kappa shape index (κ2) is 7.83. The fourth-order valence-corrected chi connectivity index (χ4v) is 4.21. The molecule has 1 aliphatic rings. The van der Waals surface area contributed by atoms with E-state index < -0.39 is 0 Å². The van der Waals surface area contributed by atoms with E-state index >= 15 is 0 Å². The summed E-state index contributed by atoms with van der Waals surface area (Å²) in [6.07, 6.45) is 0. The topological polar surface area (TPSA) is 62.6 Å². The Hall–Kier alpha value is -2.54. The van der Waals surface area contributed by atoms with Gasteiger partial charge in [0.15, 0.2) is 5.82 Å². The highest BCUT2D eigenvalue weighted by molar-refractivity contribution is 5.54. The van der Waals surface area contributed by atoms with Gasteiger partial charge in [0.25, 0.3) is 0 Å². The van der Waals surface area contributed by atoms with Crippen LogP contribution < -0.4 is 0 Å². The van der Waals surface area contributed by atoms with Crippen LogP contribution in [0.4, 0.5) is 4.39 Å². The summed E-state index contributed by atoms with van der Waals surface area (Å²) in [7, 11) is 0. The van der Waals surface area contributed by atoms with Gasteiger partial charge in [-0.05, 0) is 20.8 Å². The Morgan fingerprint density at radius 2 is 1.96 bits per heavy atom. The van der Waals surface area contributed by atoms with Crippen LogP contribution in [0.15, 0.2) is 30.3 Å². The van der Waals surface area contributed by atoms with Gasteiger partial charge >= 0.3 is 0 Å². The molecule has 0 amide bonds. The third kappa shape index (κ3) is 3.46. The van der Waals surface area contributed by atoms with E-state index in [-0.39, 0.29) is 18.5 Å². The van der Waals surface area contributed by atoms with Crippen LogP contribution in [0.25, 0.3) is 11.4 Å². The number of H-pyrrole nitrogens is 1. The van der Waals surface area contributed by atoms with E-state index in [1.165, 1.54) is 11.3 Å². The van der Waals surface area contributed by atoms with Crippen molar-refractivity contribution in [2.45, 2.75) is 39.8 Å². The number of aromatic amines is 1. The average Bonchev–Trinajstić information content (AvgIpc) is 3.42. The molecule has 0 saturated carbocycles. The number of alkyl halides is 1. The number of halogens is 1. The lowest BCUT2D eigenvalue weighted by Crippen LogP contribution is -2.21. The summed E-state index contributed by atoms with van der Waals surface area (Å²) in [5, 5.41) is 12.0. The second-order valence-corrected chi connectivity index (χ2v) is 7.59. The van der Waals surface area contributed by atoms with Crippen LogP contribution in [-0.4, -0.2) is 49.6 Å². The smallest absolute Gasteiger partial charge is 0.181 e. The van der Waals surface area contributed by atoms with Crippen molar-refractivity contribution in [3.8, 4) is 11.4 Å². The molecule has 3 heterocycles. The van der Waals surface area contributed by atoms with Crippen LogP contribution in [0.3, 0.4) is 0 Å². The van der Waals surface area contributed by atoms with Gasteiger partial charge in [0.1, 0.15) is 5.82 Å². The molecule has 148 valence electrons. The minimum Gasteiger partial charge on any atom is -0.298 e. The number of hydrogen-bond donors (Lipinski definition) is 1. The maximum atomic E-state index is 13.8. The molecule has 1 saturated heterocycles. The molecule has 28 heavy (non-hydrogen) atoms. The summed E-state index contributed by atoms with van der Waals surface area (Å²) < 4.78 is 15.8. The highest BCUT2D eigenvalue weighted by atomic mass is 19.1. The van der Waals surface area contributed by atoms with E-state index in [2.05, 4.69) is 46.0 Å². The van der Waals surface area contributed by atoms with Crippen molar-refractivity contribution < 1.29 is 4.39 Å². The Bertz CT molecular complexity index is 932. The Labute approximate surface area is 164 Å². The van der Waals surface area contributed by atoms with Crippen molar-refractivity contribution >= 4 is 0 Å². The highest BCUT2D eigenvalue weighted by Crippen LogP contribution is 2.33. The molecule has 0 bridgehead atoms. The molecule has 0 radical (unpaired) electrons. The molecule has 1 aliphatic heterocycles. The minimum absolute atomic E-state index is 0.0248. The van der Waals surface area contributed by atoms with Crippen molar-refractivity contribution in [1.29, 1.82) is 0 Å². The van der Waals surface area contributed by atoms with E-state index in [0.29, 0.717) is 5.82 Å². The molecule has 4 rings (SSSR count). The first-order valence-corrected chi connectivity index (χ1v) is 9.89. The van der Waals surface area contributed by atoms with Crippen LogP contribution in [0.1, 0.15) is 35.6 Å². The molecular formula is C21H27FN6. The molecule has 3 aromatic rings. The largest absolute Gasteiger partial charge is 0.298 e. The first-order chi connectivity index (χ1) is 13.6. The second-order valence-electron chi connectivity index (χ2n) is 7.59. The van der Waals surface area contributed by atoms with E-state index in [1.54, 1.807) is 0 Å². The normalized spacial score (nSPS) is 20.1. The summed E-state index contributed by atoms with van der Waals surface area (Å²) in [6.45, 7) is 9.07. The van der Waals surface area contributed by atoms with Gasteiger partial charge in [-0.15, -0.1) is 0 Å². The zero-order chi connectivity index (χ0) is 19.7. The lowest BCUT2D eigenvalue weighted by atomic mass is 9.97. The van der Waals surface area contributed by atoms with Gasteiger partial charge in [-0.25, -0.2) is 4.98 Å². The van der Waals surface area contributed by atoms with Gasteiger partial charge in [0, 0.05) is 54.8 Å².